The molecule has 0 aliphatic heterocycles. The lowest BCUT2D eigenvalue weighted by Gasteiger charge is -2.10. The van der Waals surface area contributed by atoms with Gasteiger partial charge in [-0.25, -0.2) is 4.39 Å². The van der Waals surface area contributed by atoms with Crippen molar-refractivity contribution in [3.8, 4) is 0 Å². The van der Waals surface area contributed by atoms with Gasteiger partial charge in [-0.15, -0.1) is 0 Å². The number of halogens is 1. The first-order chi connectivity index (χ1) is 6.97. The molecule has 15 heavy (non-hydrogen) atoms. The van der Waals surface area contributed by atoms with Crippen molar-refractivity contribution in [2.24, 2.45) is 5.73 Å². The normalized spacial score (nSPS) is 11.9. The van der Waals surface area contributed by atoms with Gasteiger partial charge in [0.2, 0.25) is 0 Å². The number of hydrogen-bond acceptors (Lipinski definition) is 3. The summed E-state index contributed by atoms with van der Waals surface area (Å²) in [7, 11) is 0. The minimum Gasteiger partial charge on any atom is -0.480 e. The van der Waals surface area contributed by atoms with Crippen molar-refractivity contribution in [1.29, 1.82) is 0 Å². The van der Waals surface area contributed by atoms with Crippen LogP contribution in [-0.2, 0) is 4.79 Å². The molecule has 0 aliphatic carbocycles. The van der Waals surface area contributed by atoms with E-state index in [0.29, 0.717) is 18.7 Å². The van der Waals surface area contributed by atoms with Crippen LogP contribution in [-0.4, -0.2) is 30.3 Å². The van der Waals surface area contributed by atoms with E-state index in [4.69, 9.17) is 10.8 Å². The fraction of sp³-hybridized carbons (Fsp3) is 0.500. The summed E-state index contributed by atoms with van der Waals surface area (Å²) in [5.74, 6) is -1.04. The Kier molecular flexibility index (Phi) is 6.37. The molecule has 0 radical (unpaired) electrons. The molecule has 4 nitrogen and oxygen atoms in total. The lowest BCUT2D eigenvalue weighted by atomic mass is 10.1. The van der Waals surface area contributed by atoms with Crippen LogP contribution in [0.2, 0.25) is 0 Å². The molecular weight excluding hydrogens is 199 g/mol. The average molecular weight is 216 g/mol. The third kappa shape index (κ3) is 6.68. The van der Waals surface area contributed by atoms with Crippen LogP contribution in [0.15, 0.2) is 24.4 Å². The molecule has 1 atom stereocenters. The SMILES string of the molecule is C=C(CCNC(=C)CF)CC(N)C(=O)O. The van der Waals surface area contributed by atoms with Crippen LogP contribution in [0.25, 0.3) is 0 Å². The number of carboxylic acids is 1. The summed E-state index contributed by atoms with van der Waals surface area (Å²) in [5, 5.41) is 11.3. The number of alkyl halides is 1. The van der Waals surface area contributed by atoms with Gasteiger partial charge in [0.25, 0.3) is 0 Å². The Morgan fingerprint density at radius 2 is 2.13 bits per heavy atom. The smallest absolute Gasteiger partial charge is 0.320 e. The van der Waals surface area contributed by atoms with Crippen LogP contribution in [0.3, 0.4) is 0 Å². The predicted octanol–water partition coefficient (Wildman–Crippen LogP) is 0.807. The minimum atomic E-state index is -1.04. The van der Waals surface area contributed by atoms with E-state index in [9.17, 15) is 9.18 Å². The molecule has 0 spiro atoms. The molecule has 0 amide bonds. The highest BCUT2D eigenvalue weighted by Gasteiger charge is 2.12. The largest absolute Gasteiger partial charge is 0.480 e. The number of rotatable bonds is 8. The first-order valence-electron chi connectivity index (χ1n) is 4.60. The van der Waals surface area contributed by atoms with Crippen LogP contribution < -0.4 is 11.1 Å². The quantitative estimate of drug-likeness (QED) is 0.525. The molecule has 4 N–H and O–H groups in total. The van der Waals surface area contributed by atoms with Crippen LogP contribution in [0.5, 0.6) is 0 Å². The summed E-state index contributed by atoms with van der Waals surface area (Å²) in [4.78, 5) is 10.4. The van der Waals surface area contributed by atoms with E-state index < -0.39 is 18.7 Å². The molecule has 0 aromatic carbocycles. The van der Waals surface area contributed by atoms with Gasteiger partial charge in [0.15, 0.2) is 0 Å². The zero-order valence-corrected chi connectivity index (χ0v) is 8.63. The standard InChI is InChI=1S/C10H17FN2O2/c1-7(5-9(12)10(14)15)3-4-13-8(2)6-11/h9,13H,1-6,12H2,(H,14,15). The molecule has 0 aliphatic rings. The Hall–Kier alpha value is -1.36. The second-order valence-electron chi connectivity index (χ2n) is 3.31. The molecule has 0 rings (SSSR count). The van der Waals surface area contributed by atoms with Crippen molar-refractivity contribution in [3.63, 3.8) is 0 Å². The van der Waals surface area contributed by atoms with Gasteiger partial charge in [-0.3, -0.25) is 4.79 Å². The van der Waals surface area contributed by atoms with Crippen LogP contribution >= 0.6 is 0 Å². The zero-order valence-electron chi connectivity index (χ0n) is 8.63. The second kappa shape index (κ2) is 7.00. The zero-order chi connectivity index (χ0) is 11.8. The molecule has 0 fully saturated rings. The maximum Gasteiger partial charge on any atom is 0.320 e. The molecule has 0 aromatic rings. The molecule has 0 saturated carbocycles. The number of nitrogens with two attached hydrogens (primary N) is 1. The number of hydrogen-bond donors (Lipinski definition) is 3. The number of carboxylic acid groups (broad SMARTS) is 1. The van der Waals surface area contributed by atoms with E-state index in [1.165, 1.54) is 0 Å². The van der Waals surface area contributed by atoms with Gasteiger partial charge in [0, 0.05) is 12.2 Å². The molecular formula is C10H17FN2O2. The summed E-state index contributed by atoms with van der Waals surface area (Å²) >= 11 is 0. The number of carbonyl (C=O) groups is 1. The van der Waals surface area contributed by atoms with E-state index in [0.717, 1.165) is 5.57 Å². The Labute approximate surface area is 88.7 Å². The first-order valence-corrected chi connectivity index (χ1v) is 4.60. The Bertz CT molecular complexity index is 254. The van der Waals surface area contributed by atoms with E-state index in [1.807, 2.05) is 0 Å². The highest BCUT2D eigenvalue weighted by Crippen LogP contribution is 2.06. The highest BCUT2D eigenvalue weighted by atomic mass is 19.1. The number of aliphatic carboxylic acids is 1. The maximum absolute atomic E-state index is 11.9. The van der Waals surface area contributed by atoms with Crippen molar-refractivity contribution < 1.29 is 14.3 Å². The van der Waals surface area contributed by atoms with Crippen molar-refractivity contribution in [3.05, 3.63) is 24.4 Å². The van der Waals surface area contributed by atoms with Crippen LogP contribution in [0.1, 0.15) is 12.8 Å². The maximum atomic E-state index is 11.9. The Balaban J connectivity index is 3.67. The molecule has 86 valence electrons. The second-order valence-corrected chi connectivity index (χ2v) is 3.31. The molecule has 0 bridgehead atoms. The van der Waals surface area contributed by atoms with Gasteiger partial charge < -0.3 is 16.2 Å². The fourth-order valence-corrected chi connectivity index (χ4v) is 0.964. The van der Waals surface area contributed by atoms with E-state index in [-0.39, 0.29) is 6.42 Å². The summed E-state index contributed by atoms with van der Waals surface area (Å²) in [6, 6.07) is -0.915. The topological polar surface area (TPSA) is 75.3 Å². The Morgan fingerprint density at radius 1 is 1.53 bits per heavy atom. The van der Waals surface area contributed by atoms with E-state index >= 15 is 0 Å². The molecule has 1 unspecified atom stereocenters. The molecule has 0 aromatic heterocycles. The number of allylic oxidation sites excluding steroid dienone is 1. The molecule has 0 saturated heterocycles. The summed E-state index contributed by atoms with van der Waals surface area (Å²) in [5.41, 5.74) is 6.35. The van der Waals surface area contributed by atoms with Gasteiger partial charge >= 0.3 is 5.97 Å². The third-order valence-electron chi connectivity index (χ3n) is 1.84. The third-order valence-corrected chi connectivity index (χ3v) is 1.84. The monoisotopic (exact) mass is 216 g/mol. The van der Waals surface area contributed by atoms with Crippen molar-refractivity contribution in [2.75, 3.05) is 13.2 Å². The first kappa shape index (κ1) is 13.6. The minimum absolute atomic E-state index is 0.235. The van der Waals surface area contributed by atoms with Crippen LogP contribution in [0.4, 0.5) is 4.39 Å². The lowest BCUT2D eigenvalue weighted by Crippen LogP contribution is -2.30. The summed E-state index contributed by atoms with van der Waals surface area (Å²) in [6.07, 6.45) is 0.791. The summed E-state index contributed by atoms with van der Waals surface area (Å²) < 4.78 is 11.9. The van der Waals surface area contributed by atoms with Crippen molar-refractivity contribution >= 4 is 5.97 Å². The predicted molar refractivity (Wildman–Crippen MR) is 57.1 cm³/mol. The van der Waals surface area contributed by atoms with Gasteiger partial charge in [-0.2, -0.15) is 0 Å². The molecule has 5 heteroatoms. The van der Waals surface area contributed by atoms with Gasteiger partial charge in [-0.1, -0.05) is 18.7 Å². The van der Waals surface area contributed by atoms with Crippen molar-refractivity contribution in [1.82, 2.24) is 5.32 Å². The highest BCUT2D eigenvalue weighted by molar-refractivity contribution is 5.73. The van der Waals surface area contributed by atoms with Gasteiger partial charge in [0.05, 0.1) is 0 Å². The lowest BCUT2D eigenvalue weighted by molar-refractivity contribution is -0.138. The number of nitrogens with one attached hydrogen (secondary N) is 1. The van der Waals surface area contributed by atoms with Crippen molar-refractivity contribution in [2.45, 2.75) is 18.9 Å². The average Bonchev–Trinajstić information content (AvgIpc) is 2.17. The fourth-order valence-electron chi connectivity index (χ4n) is 0.964. The Morgan fingerprint density at radius 3 is 2.60 bits per heavy atom. The van der Waals surface area contributed by atoms with Crippen LogP contribution in [0, 0.1) is 0 Å². The summed E-state index contributed by atoms with van der Waals surface area (Å²) in [6.45, 7) is 7.00. The van der Waals surface area contributed by atoms with E-state index in [1.54, 1.807) is 0 Å². The molecule has 0 heterocycles. The van der Waals surface area contributed by atoms with Gasteiger partial charge in [-0.05, 0) is 12.8 Å². The van der Waals surface area contributed by atoms with Gasteiger partial charge in [0.1, 0.15) is 12.7 Å². The van der Waals surface area contributed by atoms with E-state index in [2.05, 4.69) is 18.5 Å².